The Bertz CT molecular complexity index is 1140. The van der Waals surface area contributed by atoms with Crippen molar-refractivity contribution in [3.8, 4) is 0 Å². The second kappa shape index (κ2) is 10.5. The summed E-state index contributed by atoms with van der Waals surface area (Å²) in [5.41, 5.74) is 3.07. The number of sulfonamides is 1. The maximum absolute atomic E-state index is 12.5. The molecule has 0 spiro atoms. The first-order chi connectivity index (χ1) is 15.9. The Balaban J connectivity index is 1.27. The van der Waals surface area contributed by atoms with E-state index >= 15 is 0 Å². The number of rotatable bonds is 8. The molecule has 0 bridgehead atoms. The first kappa shape index (κ1) is 23.4. The van der Waals surface area contributed by atoms with Crippen LogP contribution in [0.3, 0.4) is 0 Å². The van der Waals surface area contributed by atoms with E-state index in [1.54, 1.807) is 11.4 Å². The third-order valence-electron chi connectivity index (χ3n) is 5.61. The number of piperazine rings is 1. The zero-order valence-electron chi connectivity index (χ0n) is 18.5. The van der Waals surface area contributed by atoms with Gasteiger partial charge < -0.3 is 10.2 Å². The van der Waals surface area contributed by atoms with Crippen molar-refractivity contribution < 1.29 is 13.2 Å². The summed E-state index contributed by atoms with van der Waals surface area (Å²) in [6, 6.07) is 20.5. The highest BCUT2D eigenvalue weighted by atomic mass is 32.2. The van der Waals surface area contributed by atoms with Crippen molar-refractivity contribution in [2.24, 2.45) is 0 Å². The zero-order valence-corrected chi connectivity index (χ0v) is 20.1. The second-order valence-electron chi connectivity index (χ2n) is 8.06. The van der Waals surface area contributed by atoms with Crippen LogP contribution in [0.25, 0.3) is 0 Å². The number of thiophene rings is 1. The number of carbonyl (C=O) groups is 1. The number of nitrogens with zero attached hydrogens (tertiary/aromatic N) is 2. The number of anilines is 2. The fourth-order valence-electron chi connectivity index (χ4n) is 3.77. The van der Waals surface area contributed by atoms with Crippen molar-refractivity contribution in [3.63, 3.8) is 0 Å². The quantitative estimate of drug-likeness (QED) is 0.512. The van der Waals surface area contributed by atoms with Gasteiger partial charge >= 0.3 is 0 Å². The first-order valence-electron chi connectivity index (χ1n) is 10.9. The molecule has 1 atom stereocenters. The van der Waals surface area contributed by atoms with E-state index < -0.39 is 22.0 Å². The molecule has 1 aliphatic rings. The van der Waals surface area contributed by atoms with E-state index in [2.05, 4.69) is 44.1 Å². The van der Waals surface area contributed by atoms with Gasteiger partial charge in [-0.05, 0) is 48.2 Å². The van der Waals surface area contributed by atoms with Gasteiger partial charge in [-0.2, -0.15) is 4.72 Å². The molecule has 1 fully saturated rings. The molecule has 2 N–H and O–H groups in total. The van der Waals surface area contributed by atoms with Gasteiger partial charge in [0.25, 0.3) is 10.0 Å². The molecule has 3 aromatic rings. The molecule has 33 heavy (non-hydrogen) atoms. The summed E-state index contributed by atoms with van der Waals surface area (Å²) in [5.74, 6) is -0.405. The predicted molar refractivity (Wildman–Crippen MR) is 133 cm³/mol. The molecule has 1 unspecified atom stereocenters. The third kappa shape index (κ3) is 6.20. The van der Waals surface area contributed by atoms with Gasteiger partial charge in [0, 0.05) is 44.1 Å². The van der Waals surface area contributed by atoms with Crippen molar-refractivity contribution in [1.29, 1.82) is 0 Å². The number of amides is 1. The van der Waals surface area contributed by atoms with Crippen LogP contribution in [0.5, 0.6) is 0 Å². The summed E-state index contributed by atoms with van der Waals surface area (Å²) < 4.78 is 27.2. The van der Waals surface area contributed by atoms with Crippen LogP contribution in [-0.2, 0) is 21.4 Å². The zero-order chi connectivity index (χ0) is 23.3. The van der Waals surface area contributed by atoms with E-state index in [0.29, 0.717) is 5.69 Å². The highest BCUT2D eigenvalue weighted by Gasteiger charge is 2.23. The van der Waals surface area contributed by atoms with E-state index in [1.807, 2.05) is 30.3 Å². The molecule has 7 nitrogen and oxygen atoms in total. The molecule has 2 aromatic carbocycles. The van der Waals surface area contributed by atoms with E-state index in [1.165, 1.54) is 18.6 Å². The minimum atomic E-state index is -3.70. The monoisotopic (exact) mass is 484 g/mol. The maximum Gasteiger partial charge on any atom is 0.250 e. The Morgan fingerprint density at radius 1 is 0.970 bits per heavy atom. The average Bonchev–Trinajstić information content (AvgIpc) is 3.37. The van der Waals surface area contributed by atoms with Crippen LogP contribution >= 0.6 is 11.3 Å². The van der Waals surface area contributed by atoms with Crippen molar-refractivity contribution in [2.75, 3.05) is 36.4 Å². The lowest BCUT2D eigenvalue weighted by Crippen LogP contribution is -2.45. The molecule has 9 heteroatoms. The van der Waals surface area contributed by atoms with Gasteiger partial charge in [-0.1, -0.05) is 36.4 Å². The molecule has 1 amide bonds. The summed E-state index contributed by atoms with van der Waals surface area (Å²) in [6.07, 6.45) is 0. The van der Waals surface area contributed by atoms with Crippen LogP contribution in [0.2, 0.25) is 0 Å². The maximum atomic E-state index is 12.5. The van der Waals surface area contributed by atoms with Crippen LogP contribution < -0.4 is 14.9 Å². The fourth-order valence-corrected chi connectivity index (χ4v) is 5.99. The summed E-state index contributed by atoms with van der Waals surface area (Å²) >= 11 is 1.11. The minimum absolute atomic E-state index is 0.190. The molecule has 1 aromatic heterocycles. The average molecular weight is 485 g/mol. The largest absolute Gasteiger partial charge is 0.369 e. The molecule has 4 rings (SSSR count). The fraction of sp³-hybridized carbons (Fsp3) is 0.292. The van der Waals surface area contributed by atoms with E-state index in [0.717, 1.165) is 49.7 Å². The molecule has 0 saturated carbocycles. The van der Waals surface area contributed by atoms with Gasteiger partial charge in [-0.15, -0.1) is 11.3 Å². The highest BCUT2D eigenvalue weighted by molar-refractivity contribution is 7.91. The molecular formula is C24H28N4O3S2. The number of benzene rings is 2. The van der Waals surface area contributed by atoms with Crippen molar-refractivity contribution in [2.45, 2.75) is 23.7 Å². The van der Waals surface area contributed by atoms with Gasteiger partial charge in [0.05, 0.1) is 6.04 Å². The van der Waals surface area contributed by atoms with E-state index in [4.69, 9.17) is 0 Å². The summed E-state index contributed by atoms with van der Waals surface area (Å²) in [7, 11) is -3.70. The third-order valence-corrected chi connectivity index (χ3v) is 8.54. The number of nitrogens with one attached hydrogen (secondary N) is 2. The van der Waals surface area contributed by atoms with Crippen LogP contribution in [0.15, 0.2) is 76.3 Å². The molecule has 1 aliphatic heterocycles. The van der Waals surface area contributed by atoms with Crippen LogP contribution in [0.4, 0.5) is 11.4 Å². The summed E-state index contributed by atoms with van der Waals surface area (Å²) in [5, 5.41) is 4.47. The topological polar surface area (TPSA) is 81.7 Å². The first-order valence-corrected chi connectivity index (χ1v) is 13.2. The standard InChI is InChI=1S/C24H28N4O3S2/c1-19(26-33(30,31)23-8-5-17-32-23)24(29)25-21-9-11-22(12-10-21)28-15-13-27(14-16-28)18-20-6-3-2-4-7-20/h2-12,17,19,26H,13-16,18H2,1H3,(H,25,29). The Hall–Kier alpha value is -2.72. The van der Waals surface area contributed by atoms with Gasteiger partial charge in [0.2, 0.25) is 5.91 Å². The van der Waals surface area contributed by atoms with Crippen molar-refractivity contribution >= 4 is 38.6 Å². The predicted octanol–water partition coefficient (Wildman–Crippen LogP) is 3.38. The van der Waals surface area contributed by atoms with Crippen molar-refractivity contribution in [3.05, 3.63) is 77.7 Å². The van der Waals surface area contributed by atoms with E-state index in [9.17, 15) is 13.2 Å². The minimum Gasteiger partial charge on any atom is -0.369 e. The van der Waals surface area contributed by atoms with Crippen LogP contribution in [0.1, 0.15) is 12.5 Å². The summed E-state index contributed by atoms with van der Waals surface area (Å²) in [6.45, 7) is 6.38. The van der Waals surface area contributed by atoms with Crippen LogP contribution in [0, 0.1) is 0 Å². The molecule has 1 saturated heterocycles. The number of carbonyl (C=O) groups excluding carboxylic acids is 1. The normalized spacial score (nSPS) is 15.8. The van der Waals surface area contributed by atoms with E-state index in [-0.39, 0.29) is 4.21 Å². The molecule has 2 heterocycles. The summed E-state index contributed by atoms with van der Waals surface area (Å²) in [4.78, 5) is 17.3. The van der Waals surface area contributed by atoms with Gasteiger partial charge in [0.1, 0.15) is 4.21 Å². The van der Waals surface area contributed by atoms with Gasteiger partial charge in [0.15, 0.2) is 0 Å². The second-order valence-corrected chi connectivity index (χ2v) is 10.9. The Morgan fingerprint density at radius 2 is 1.67 bits per heavy atom. The van der Waals surface area contributed by atoms with Gasteiger partial charge in [-0.3, -0.25) is 9.69 Å². The highest BCUT2D eigenvalue weighted by Crippen LogP contribution is 2.21. The Kier molecular flexibility index (Phi) is 7.44. The lowest BCUT2D eigenvalue weighted by molar-refractivity contribution is -0.117. The lowest BCUT2D eigenvalue weighted by atomic mass is 10.2. The molecule has 174 valence electrons. The molecule has 0 radical (unpaired) electrons. The SMILES string of the molecule is CC(NS(=O)(=O)c1cccs1)C(=O)Nc1ccc(N2CCN(Cc3ccccc3)CC2)cc1. The molecular weight excluding hydrogens is 456 g/mol. The van der Waals surface area contributed by atoms with Crippen molar-refractivity contribution in [1.82, 2.24) is 9.62 Å². The Labute approximate surface area is 199 Å². The number of hydrogen-bond acceptors (Lipinski definition) is 6. The molecule has 0 aliphatic carbocycles. The number of hydrogen-bond donors (Lipinski definition) is 2. The Morgan fingerprint density at radius 3 is 2.30 bits per heavy atom. The van der Waals surface area contributed by atoms with Crippen LogP contribution in [-0.4, -0.2) is 51.4 Å². The smallest absolute Gasteiger partial charge is 0.250 e. The lowest BCUT2D eigenvalue weighted by Gasteiger charge is -2.36. The van der Waals surface area contributed by atoms with Gasteiger partial charge in [-0.25, -0.2) is 8.42 Å².